The van der Waals surface area contributed by atoms with Crippen molar-refractivity contribution in [2.75, 3.05) is 20.3 Å². The van der Waals surface area contributed by atoms with Crippen molar-refractivity contribution in [3.05, 3.63) is 29.8 Å². The Hall–Kier alpha value is -1.39. The lowest BCUT2D eigenvalue weighted by Gasteiger charge is -2.25. The number of hydrogen-bond donors (Lipinski definition) is 2. The van der Waals surface area contributed by atoms with Crippen LogP contribution in [0.1, 0.15) is 25.8 Å². The molecule has 1 rings (SSSR count). The average Bonchev–Trinajstić information content (AvgIpc) is 2.38. The molecule has 0 saturated heterocycles. The molecular formula is C15H21NO4S. The topological polar surface area (TPSA) is 75.6 Å². The van der Waals surface area contributed by atoms with E-state index in [0.717, 1.165) is 0 Å². The Bertz CT molecular complexity index is 627. The summed E-state index contributed by atoms with van der Waals surface area (Å²) < 4.78 is 32.6. The molecule has 0 radical (unpaired) electrons. The van der Waals surface area contributed by atoms with E-state index in [2.05, 4.69) is 16.6 Å². The van der Waals surface area contributed by atoms with Crippen LogP contribution in [0.4, 0.5) is 0 Å². The third kappa shape index (κ3) is 5.48. The quantitative estimate of drug-likeness (QED) is 0.772. The second-order valence-electron chi connectivity index (χ2n) is 5.19. The molecule has 0 heterocycles. The number of benzene rings is 1. The summed E-state index contributed by atoms with van der Waals surface area (Å²) in [5.74, 6) is 5.51. The first kappa shape index (κ1) is 17.7. The summed E-state index contributed by atoms with van der Waals surface area (Å²) in [7, 11) is -2.18. The number of nitrogens with one attached hydrogen (secondary N) is 1. The molecule has 5 nitrogen and oxygen atoms in total. The number of sulfonamides is 1. The lowest BCUT2D eigenvalue weighted by Crippen LogP contribution is -2.46. The summed E-state index contributed by atoms with van der Waals surface area (Å²) in [6, 6.07) is 6.52. The maximum Gasteiger partial charge on any atom is 0.242 e. The van der Waals surface area contributed by atoms with E-state index in [4.69, 9.17) is 9.84 Å². The fourth-order valence-corrected chi connectivity index (χ4v) is 3.39. The fourth-order valence-electron chi connectivity index (χ4n) is 1.83. The van der Waals surface area contributed by atoms with Crippen molar-refractivity contribution in [2.45, 2.75) is 30.7 Å². The standard InChI is InChI=1S/C15H21NO4S/c1-15(2,12-20-3)16-21(18,19)14-10-5-4-8-13(14)9-6-7-11-17/h4-5,8,10,16-17H,7,11-12H2,1-3H3. The first-order valence-corrected chi connectivity index (χ1v) is 8.02. The highest BCUT2D eigenvalue weighted by Gasteiger charge is 2.27. The molecule has 6 heteroatoms. The molecule has 0 aliphatic heterocycles. The highest BCUT2D eigenvalue weighted by molar-refractivity contribution is 7.89. The van der Waals surface area contributed by atoms with Gasteiger partial charge in [0.15, 0.2) is 0 Å². The van der Waals surface area contributed by atoms with Gasteiger partial charge >= 0.3 is 0 Å². The zero-order valence-corrected chi connectivity index (χ0v) is 13.3. The van der Waals surface area contributed by atoms with Gasteiger partial charge in [0.2, 0.25) is 10.0 Å². The van der Waals surface area contributed by atoms with Crippen LogP contribution in [0.25, 0.3) is 0 Å². The van der Waals surface area contributed by atoms with Gasteiger partial charge in [-0.1, -0.05) is 24.0 Å². The monoisotopic (exact) mass is 311 g/mol. The highest BCUT2D eigenvalue weighted by atomic mass is 32.2. The number of aliphatic hydroxyl groups is 1. The third-order valence-electron chi connectivity index (χ3n) is 2.55. The van der Waals surface area contributed by atoms with Crippen LogP contribution in [0.5, 0.6) is 0 Å². The van der Waals surface area contributed by atoms with Gasteiger partial charge < -0.3 is 9.84 Å². The van der Waals surface area contributed by atoms with Gasteiger partial charge in [-0.15, -0.1) is 0 Å². The maximum absolute atomic E-state index is 12.5. The number of hydrogen-bond acceptors (Lipinski definition) is 4. The van der Waals surface area contributed by atoms with Crippen LogP contribution in [0.3, 0.4) is 0 Å². The Morgan fingerprint density at radius 3 is 2.62 bits per heavy atom. The van der Waals surface area contributed by atoms with Gasteiger partial charge in [0.1, 0.15) is 0 Å². The molecule has 0 bridgehead atoms. The minimum Gasteiger partial charge on any atom is -0.395 e. The van der Waals surface area contributed by atoms with Crippen LogP contribution in [-0.4, -0.2) is 39.4 Å². The summed E-state index contributed by atoms with van der Waals surface area (Å²) in [6.45, 7) is 3.69. The van der Waals surface area contributed by atoms with Gasteiger partial charge in [0, 0.05) is 19.1 Å². The molecule has 21 heavy (non-hydrogen) atoms. The molecule has 0 saturated carbocycles. The van der Waals surface area contributed by atoms with Crippen LogP contribution in [0.15, 0.2) is 29.2 Å². The van der Waals surface area contributed by atoms with Crippen molar-refractivity contribution in [3.8, 4) is 11.8 Å². The fraction of sp³-hybridized carbons (Fsp3) is 0.467. The second kappa shape index (κ2) is 7.57. The molecule has 0 aliphatic rings. The Morgan fingerprint density at radius 2 is 2.00 bits per heavy atom. The highest BCUT2D eigenvalue weighted by Crippen LogP contribution is 2.17. The van der Waals surface area contributed by atoms with Crippen LogP contribution < -0.4 is 4.72 Å². The molecular weight excluding hydrogens is 290 g/mol. The lowest BCUT2D eigenvalue weighted by atomic mass is 10.1. The summed E-state index contributed by atoms with van der Waals surface area (Å²) in [6.07, 6.45) is 0.303. The van der Waals surface area contributed by atoms with Gasteiger partial charge in [-0.3, -0.25) is 0 Å². The summed E-state index contributed by atoms with van der Waals surface area (Å²) in [5, 5.41) is 8.74. The Morgan fingerprint density at radius 1 is 1.33 bits per heavy atom. The molecule has 0 unspecified atom stereocenters. The minimum absolute atomic E-state index is 0.0545. The van der Waals surface area contributed by atoms with E-state index in [1.54, 1.807) is 32.0 Å². The predicted octanol–water partition coefficient (Wildman–Crippen LogP) is 1.12. The number of ether oxygens (including phenoxy) is 1. The van der Waals surface area contributed by atoms with Gasteiger partial charge in [0.05, 0.1) is 23.6 Å². The van der Waals surface area contributed by atoms with Crippen LogP contribution in [0.2, 0.25) is 0 Å². The first-order valence-electron chi connectivity index (χ1n) is 6.54. The van der Waals surface area contributed by atoms with E-state index in [1.807, 2.05) is 0 Å². The van der Waals surface area contributed by atoms with Gasteiger partial charge in [-0.25, -0.2) is 13.1 Å². The third-order valence-corrected chi connectivity index (χ3v) is 4.31. The molecule has 0 aliphatic carbocycles. The SMILES string of the molecule is COCC(C)(C)NS(=O)(=O)c1ccccc1C#CCCO. The van der Waals surface area contributed by atoms with Gasteiger partial charge in [0.25, 0.3) is 0 Å². The Kier molecular flexibility index (Phi) is 6.37. The van der Waals surface area contributed by atoms with Gasteiger partial charge in [-0.2, -0.15) is 0 Å². The zero-order chi connectivity index (χ0) is 15.9. The molecule has 2 N–H and O–H groups in total. The van der Waals surface area contributed by atoms with Crippen LogP contribution >= 0.6 is 0 Å². The Labute approximate surface area is 126 Å². The van der Waals surface area contributed by atoms with Crippen molar-refractivity contribution in [2.24, 2.45) is 0 Å². The van der Waals surface area contributed by atoms with E-state index in [1.165, 1.54) is 13.2 Å². The lowest BCUT2D eigenvalue weighted by molar-refractivity contribution is 0.141. The largest absolute Gasteiger partial charge is 0.395 e. The van der Waals surface area contributed by atoms with Crippen molar-refractivity contribution < 1.29 is 18.3 Å². The zero-order valence-electron chi connectivity index (χ0n) is 12.5. The van der Waals surface area contributed by atoms with E-state index in [9.17, 15) is 8.42 Å². The second-order valence-corrected chi connectivity index (χ2v) is 6.84. The van der Waals surface area contributed by atoms with Crippen molar-refractivity contribution in [1.82, 2.24) is 4.72 Å². The summed E-state index contributed by atoms with van der Waals surface area (Å²) in [4.78, 5) is 0.125. The number of aliphatic hydroxyl groups excluding tert-OH is 1. The normalized spacial score (nSPS) is 11.8. The average molecular weight is 311 g/mol. The molecule has 0 aromatic heterocycles. The van der Waals surface area contributed by atoms with Gasteiger partial charge in [-0.05, 0) is 26.0 Å². The maximum atomic E-state index is 12.5. The van der Waals surface area contributed by atoms with Crippen molar-refractivity contribution in [3.63, 3.8) is 0 Å². The van der Waals surface area contributed by atoms with E-state index >= 15 is 0 Å². The molecule has 0 amide bonds. The van der Waals surface area contributed by atoms with E-state index in [-0.39, 0.29) is 18.1 Å². The number of rotatable bonds is 6. The van der Waals surface area contributed by atoms with E-state index in [0.29, 0.717) is 12.0 Å². The van der Waals surface area contributed by atoms with E-state index < -0.39 is 15.6 Å². The van der Waals surface area contributed by atoms with Crippen molar-refractivity contribution in [1.29, 1.82) is 0 Å². The first-order chi connectivity index (χ1) is 9.82. The Balaban J connectivity index is 3.12. The molecule has 0 atom stereocenters. The molecule has 1 aromatic rings. The van der Waals surface area contributed by atoms with Crippen LogP contribution in [0, 0.1) is 11.8 Å². The summed E-state index contributed by atoms with van der Waals surface area (Å²) >= 11 is 0. The minimum atomic E-state index is -3.70. The smallest absolute Gasteiger partial charge is 0.242 e. The molecule has 0 spiro atoms. The molecule has 0 fully saturated rings. The van der Waals surface area contributed by atoms with Crippen LogP contribution in [-0.2, 0) is 14.8 Å². The predicted molar refractivity (Wildman–Crippen MR) is 81.3 cm³/mol. The number of methoxy groups -OCH3 is 1. The van der Waals surface area contributed by atoms with Crippen molar-refractivity contribution >= 4 is 10.0 Å². The molecule has 1 aromatic carbocycles. The molecule has 116 valence electrons. The summed E-state index contributed by atoms with van der Waals surface area (Å²) in [5.41, 5.74) is -0.314.